The van der Waals surface area contributed by atoms with Crippen molar-refractivity contribution in [1.82, 2.24) is 20.7 Å². The number of benzene rings is 2. The van der Waals surface area contributed by atoms with Crippen LogP contribution < -0.4 is 10.6 Å². The van der Waals surface area contributed by atoms with E-state index in [1.54, 1.807) is 57.3 Å². The monoisotopic (exact) mass is 564 g/mol. The Labute approximate surface area is 237 Å². The average Bonchev–Trinajstić information content (AvgIpc) is 3.51. The zero-order valence-corrected chi connectivity index (χ0v) is 23.3. The molecular weight excluding hydrogens is 528 g/mol. The Morgan fingerprint density at radius 1 is 1.00 bits per heavy atom. The second kappa shape index (κ2) is 12.1. The molecule has 0 spiro atoms. The summed E-state index contributed by atoms with van der Waals surface area (Å²) in [5.41, 5.74) is -0.715. The van der Waals surface area contributed by atoms with Gasteiger partial charge in [0.05, 0.1) is 0 Å². The van der Waals surface area contributed by atoms with Gasteiger partial charge >= 0.3 is 11.9 Å². The van der Waals surface area contributed by atoms with Crippen LogP contribution in [-0.2, 0) is 36.8 Å². The maximum atomic E-state index is 13.7. The number of amides is 2. The third-order valence-electron chi connectivity index (χ3n) is 7.08. The van der Waals surface area contributed by atoms with Crippen molar-refractivity contribution in [3.05, 3.63) is 71.9 Å². The van der Waals surface area contributed by atoms with Crippen LogP contribution in [0.5, 0.6) is 0 Å². The highest BCUT2D eigenvalue weighted by atomic mass is 16.6. The highest BCUT2D eigenvalue weighted by Gasteiger charge is 2.56. The van der Waals surface area contributed by atoms with Gasteiger partial charge in [-0.15, -0.1) is 0 Å². The van der Waals surface area contributed by atoms with Crippen LogP contribution in [0.15, 0.2) is 60.8 Å². The SMILES string of the molecule is CC(C)(C)OC(=O)C1(C(=O)NC(Cc2ccccc2)C(=O)N[C@H](Cc2c[nH]c3ccccc23)C(=O)O)CCCN1O. The molecule has 2 amide bonds. The van der Waals surface area contributed by atoms with Gasteiger partial charge in [0.1, 0.15) is 17.7 Å². The summed E-state index contributed by atoms with van der Waals surface area (Å²) in [4.78, 5) is 55.9. The van der Waals surface area contributed by atoms with Gasteiger partial charge in [-0.25, -0.2) is 9.59 Å². The maximum absolute atomic E-state index is 13.7. The first kappa shape index (κ1) is 29.8. The number of ether oxygens (including phenoxy) is 1. The second-order valence-corrected chi connectivity index (χ2v) is 11.3. The molecule has 0 saturated carbocycles. The molecule has 4 rings (SSSR count). The number of aromatic amines is 1. The Morgan fingerprint density at radius 2 is 1.68 bits per heavy atom. The van der Waals surface area contributed by atoms with E-state index in [2.05, 4.69) is 15.6 Å². The first-order valence-electron chi connectivity index (χ1n) is 13.5. The summed E-state index contributed by atoms with van der Waals surface area (Å²) < 4.78 is 5.48. The van der Waals surface area contributed by atoms with Gasteiger partial charge in [0.2, 0.25) is 11.4 Å². The van der Waals surface area contributed by atoms with E-state index in [9.17, 15) is 29.5 Å². The van der Waals surface area contributed by atoms with E-state index < -0.39 is 47.0 Å². The molecule has 1 aliphatic rings. The van der Waals surface area contributed by atoms with Crippen molar-refractivity contribution in [3.63, 3.8) is 0 Å². The van der Waals surface area contributed by atoms with Gasteiger partial charge < -0.3 is 30.7 Å². The molecule has 1 saturated heterocycles. The van der Waals surface area contributed by atoms with Gasteiger partial charge in [-0.1, -0.05) is 48.5 Å². The Morgan fingerprint density at radius 3 is 2.32 bits per heavy atom. The van der Waals surface area contributed by atoms with Gasteiger partial charge in [-0.05, 0) is 50.8 Å². The Kier molecular flexibility index (Phi) is 8.79. The van der Waals surface area contributed by atoms with Crippen molar-refractivity contribution < 1.29 is 34.2 Å². The number of para-hydroxylation sites is 1. The molecule has 11 nitrogen and oxygen atoms in total. The molecule has 2 heterocycles. The lowest BCUT2D eigenvalue weighted by molar-refractivity contribution is -0.200. The Hall–Kier alpha value is -4.22. The minimum atomic E-state index is -2.04. The minimum absolute atomic E-state index is 0.00333. The summed E-state index contributed by atoms with van der Waals surface area (Å²) in [7, 11) is 0. The number of esters is 1. The fraction of sp³-hybridized carbons (Fsp3) is 0.400. The van der Waals surface area contributed by atoms with Crippen molar-refractivity contribution in [2.75, 3.05) is 6.54 Å². The molecule has 5 N–H and O–H groups in total. The zero-order valence-electron chi connectivity index (χ0n) is 23.3. The van der Waals surface area contributed by atoms with Crippen molar-refractivity contribution >= 4 is 34.7 Å². The number of nitrogens with one attached hydrogen (secondary N) is 3. The van der Waals surface area contributed by atoms with Gasteiger partial charge in [0, 0.05) is 36.5 Å². The number of carbonyl (C=O) groups excluding carboxylic acids is 3. The van der Waals surface area contributed by atoms with Crippen LogP contribution in [0.4, 0.5) is 0 Å². The lowest BCUT2D eigenvalue weighted by Gasteiger charge is -2.34. The summed E-state index contributed by atoms with van der Waals surface area (Å²) >= 11 is 0. The molecule has 0 aliphatic carbocycles. The van der Waals surface area contributed by atoms with Gasteiger partial charge in [0.15, 0.2) is 0 Å². The lowest BCUT2D eigenvalue weighted by atomic mass is 9.94. The number of carbonyl (C=O) groups is 4. The van der Waals surface area contributed by atoms with Crippen molar-refractivity contribution in [2.45, 2.75) is 69.7 Å². The highest BCUT2D eigenvalue weighted by molar-refractivity contribution is 6.09. The predicted octanol–water partition coefficient (Wildman–Crippen LogP) is 2.57. The van der Waals surface area contributed by atoms with Crippen LogP contribution in [0.25, 0.3) is 10.9 Å². The molecule has 218 valence electrons. The standard InChI is InChI=1S/C30H36N4O7/c1-29(2,3)41-28(39)30(14-9-15-34(30)40)27(38)33-23(16-19-10-5-4-6-11-19)25(35)32-24(26(36)37)17-20-18-31-22-13-8-7-12-21(20)22/h4-8,10-13,18,23-24,31,40H,9,14-17H2,1-3H3,(H,32,35)(H,33,38)(H,36,37)/t23?,24-,30?/m1/s1. The van der Waals surface area contributed by atoms with Crippen LogP contribution in [0, 0.1) is 0 Å². The van der Waals surface area contributed by atoms with E-state index in [0.717, 1.165) is 10.9 Å². The average molecular weight is 565 g/mol. The summed E-state index contributed by atoms with van der Waals surface area (Å²) in [5.74, 6) is -3.80. The number of rotatable bonds is 10. The number of hydrogen-bond acceptors (Lipinski definition) is 7. The second-order valence-electron chi connectivity index (χ2n) is 11.3. The number of nitrogens with zero attached hydrogens (tertiary/aromatic N) is 1. The number of carboxylic acid groups (broad SMARTS) is 1. The fourth-order valence-electron chi connectivity index (χ4n) is 5.03. The summed E-state index contributed by atoms with van der Waals surface area (Å²) in [5, 5.41) is 27.3. The molecule has 3 atom stereocenters. The molecular formula is C30H36N4O7. The highest BCUT2D eigenvalue weighted by Crippen LogP contribution is 2.31. The smallest absolute Gasteiger partial charge is 0.339 e. The molecule has 2 aromatic carbocycles. The predicted molar refractivity (Wildman–Crippen MR) is 150 cm³/mol. The summed E-state index contributed by atoms with van der Waals surface area (Å²) in [6.07, 6.45) is 2.07. The van der Waals surface area contributed by atoms with Crippen LogP contribution >= 0.6 is 0 Å². The number of hydroxylamine groups is 2. The van der Waals surface area contributed by atoms with Gasteiger partial charge in [0.25, 0.3) is 5.91 Å². The van der Waals surface area contributed by atoms with Crippen molar-refractivity contribution in [2.24, 2.45) is 0 Å². The maximum Gasteiger partial charge on any atom is 0.339 e. The van der Waals surface area contributed by atoms with E-state index in [4.69, 9.17) is 4.74 Å². The Balaban J connectivity index is 1.59. The topological polar surface area (TPSA) is 161 Å². The molecule has 2 unspecified atom stereocenters. The molecule has 1 aromatic heterocycles. The number of hydrogen-bond donors (Lipinski definition) is 5. The summed E-state index contributed by atoms with van der Waals surface area (Å²) in [6, 6.07) is 13.8. The van der Waals surface area contributed by atoms with Crippen LogP contribution in [0.2, 0.25) is 0 Å². The molecule has 3 aromatic rings. The number of carboxylic acids is 1. The van der Waals surface area contributed by atoms with Gasteiger partial charge in [-0.2, -0.15) is 5.06 Å². The van der Waals surface area contributed by atoms with Crippen molar-refractivity contribution in [3.8, 4) is 0 Å². The third kappa shape index (κ3) is 6.75. The van der Waals surface area contributed by atoms with Crippen LogP contribution in [-0.4, -0.2) is 73.9 Å². The van der Waals surface area contributed by atoms with Crippen LogP contribution in [0.1, 0.15) is 44.7 Å². The fourth-order valence-corrected chi connectivity index (χ4v) is 5.03. The number of fused-ring (bicyclic) bond motifs is 1. The van der Waals surface area contributed by atoms with E-state index in [1.165, 1.54) is 0 Å². The van der Waals surface area contributed by atoms with E-state index >= 15 is 0 Å². The third-order valence-corrected chi connectivity index (χ3v) is 7.08. The molecule has 1 fully saturated rings. The molecule has 1 aliphatic heterocycles. The number of aliphatic carboxylic acids is 1. The van der Waals surface area contributed by atoms with E-state index in [-0.39, 0.29) is 25.8 Å². The molecule has 11 heteroatoms. The first-order valence-corrected chi connectivity index (χ1v) is 13.5. The Bertz CT molecular complexity index is 1410. The van der Waals surface area contributed by atoms with Crippen molar-refractivity contribution in [1.29, 1.82) is 0 Å². The minimum Gasteiger partial charge on any atom is -0.480 e. The summed E-state index contributed by atoms with van der Waals surface area (Å²) in [6.45, 7) is 5.02. The van der Waals surface area contributed by atoms with E-state index in [1.807, 2.05) is 24.3 Å². The quantitative estimate of drug-likeness (QED) is 0.185. The van der Waals surface area contributed by atoms with Crippen LogP contribution in [0.3, 0.4) is 0 Å². The number of H-pyrrole nitrogens is 1. The molecule has 0 bridgehead atoms. The number of aromatic nitrogens is 1. The molecule has 41 heavy (non-hydrogen) atoms. The van der Waals surface area contributed by atoms with Gasteiger partial charge in [-0.3, -0.25) is 9.59 Å². The first-order chi connectivity index (χ1) is 19.4. The zero-order chi connectivity index (χ0) is 29.8. The normalized spacial score (nSPS) is 18.9. The largest absolute Gasteiger partial charge is 0.480 e. The molecule has 0 radical (unpaired) electrons. The van der Waals surface area contributed by atoms with E-state index in [0.29, 0.717) is 22.6 Å². The lowest BCUT2D eigenvalue weighted by Crippen LogP contribution is -2.64.